The number of pyridine rings is 2. The van der Waals surface area contributed by atoms with E-state index in [1.165, 1.54) is 19.1 Å². The highest BCUT2D eigenvalue weighted by Crippen LogP contribution is 2.32. The van der Waals surface area contributed by atoms with Crippen molar-refractivity contribution in [1.82, 2.24) is 15.3 Å². The summed E-state index contributed by atoms with van der Waals surface area (Å²) >= 11 is 0. The van der Waals surface area contributed by atoms with E-state index in [4.69, 9.17) is 0 Å². The van der Waals surface area contributed by atoms with E-state index in [0.29, 0.717) is 11.2 Å². The van der Waals surface area contributed by atoms with Gasteiger partial charge in [0.25, 0.3) is 6.43 Å². The van der Waals surface area contributed by atoms with Crippen molar-refractivity contribution >= 4 is 28.3 Å². The summed E-state index contributed by atoms with van der Waals surface area (Å²) in [5.74, 6) is -0.127. The molecular formula is C24H26F3N5O. The van der Waals surface area contributed by atoms with Crippen molar-refractivity contribution in [2.24, 2.45) is 0 Å². The normalized spacial score (nSPS) is 15.6. The van der Waals surface area contributed by atoms with Crippen LogP contribution in [0.25, 0.3) is 10.9 Å². The summed E-state index contributed by atoms with van der Waals surface area (Å²) in [7, 11) is 0. The maximum Gasteiger partial charge on any atom is 0.266 e. The number of carbonyl (C=O) groups excluding carboxylic acids is 1. The first kappa shape index (κ1) is 22.8. The summed E-state index contributed by atoms with van der Waals surface area (Å²) in [5.41, 5.74) is 0.957. The van der Waals surface area contributed by atoms with Gasteiger partial charge >= 0.3 is 0 Å². The Kier molecular flexibility index (Phi) is 6.67. The summed E-state index contributed by atoms with van der Waals surface area (Å²) in [5, 5.41) is 7.02. The minimum atomic E-state index is -2.87. The molecule has 3 aromatic rings. The number of hydrogen-bond acceptors (Lipinski definition) is 5. The van der Waals surface area contributed by atoms with E-state index < -0.39 is 23.8 Å². The lowest BCUT2D eigenvalue weighted by atomic mass is 10.0. The van der Waals surface area contributed by atoms with Crippen LogP contribution in [0.5, 0.6) is 0 Å². The quantitative estimate of drug-likeness (QED) is 0.546. The van der Waals surface area contributed by atoms with Crippen molar-refractivity contribution in [1.29, 1.82) is 0 Å². The molecule has 0 aliphatic carbocycles. The number of benzene rings is 1. The van der Waals surface area contributed by atoms with Gasteiger partial charge in [-0.15, -0.1) is 0 Å². The molecule has 0 unspecified atom stereocenters. The molecule has 9 heteroatoms. The van der Waals surface area contributed by atoms with Gasteiger partial charge in [0.1, 0.15) is 11.6 Å². The van der Waals surface area contributed by atoms with Crippen LogP contribution in [0.3, 0.4) is 0 Å². The van der Waals surface area contributed by atoms with Gasteiger partial charge in [-0.1, -0.05) is 18.2 Å². The number of rotatable bonds is 6. The maximum absolute atomic E-state index is 14.6. The van der Waals surface area contributed by atoms with Crippen LogP contribution >= 0.6 is 0 Å². The molecule has 1 atom stereocenters. The van der Waals surface area contributed by atoms with Crippen LogP contribution in [0.2, 0.25) is 0 Å². The number of amides is 1. The molecule has 2 aromatic heterocycles. The zero-order valence-electron chi connectivity index (χ0n) is 18.5. The van der Waals surface area contributed by atoms with Crippen LogP contribution in [0.15, 0.2) is 42.7 Å². The predicted octanol–water partition coefficient (Wildman–Crippen LogP) is 4.98. The average molecular weight is 458 g/mol. The number of piperidine rings is 1. The van der Waals surface area contributed by atoms with Crippen molar-refractivity contribution in [3.8, 4) is 0 Å². The summed E-state index contributed by atoms with van der Waals surface area (Å²) in [6.07, 6.45) is 2.10. The molecule has 2 N–H and O–H groups in total. The Balaban J connectivity index is 1.57. The van der Waals surface area contributed by atoms with E-state index in [9.17, 15) is 18.0 Å². The third kappa shape index (κ3) is 5.02. The van der Waals surface area contributed by atoms with Gasteiger partial charge < -0.3 is 15.5 Å². The van der Waals surface area contributed by atoms with Gasteiger partial charge in [-0.25, -0.2) is 18.2 Å². The van der Waals surface area contributed by atoms with Crippen molar-refractivity contribution < 1.29 is 18.0 Å². The molecule has 4 rings (SSSR count). The largest absolute Gasteiger partial charge is 0.378 e. The Morgan fingerprint density at radius 3 is 2.58 bits per heavy atom. The number of nitrogens with zero attached hydrogens (tertiary/aromatic N) is 3. The molecule has 1 aliphatic rings. The predicted molar refractivity (Wildman–Crippen MR) is 122 cm³/mol. The first-order valence-electron chi connectivity index (χ1n) is 10.9. The Morgan fingerprint density at radius 2 is 1.88 bits per heavy atom. The van der Waals surface area contributed by atoms with E-state index in [0.717, 1.165) is 43.2 Å². The highest BCUT2D eigenvalue weighted by atomic mass is 19.3. The van der Waals surface area contributed by atoms with E-state index >= 15 is 0 Å². The maximum atomic E-state index is 14.6. The van der Waals surface area contributed by atoms with Gasteiger partial charge in [-0.2, -0.15) is 0 Å². The Morgan fingerprint density at radius 1 is 1.15 bits per heavy atom. The first-order chi connectivity index (χ1) is 15.8. The average Bonchev–Trinajstić information content (AvgIpc) is 2.79. The van der Waals surface area contributed by atoms with Gasteiger partial charge in [-0.05, 0) is 31.9 Å². The zero-order chi connectivity index (χ0) is 23.5. The number of alkyl halides is 2. The van der Waals surface area contributed by atoms with Crippen LogP contribution in [0, 0.1) is 5.82 Å². The SMILES string of the molecule is CC(=O)NC1CCN(c2cc3c(N[C@H](C)c4cccc(C(F)F)c4F)ccnc3cn2)CC1. The molecular weight excluding hydrogens is 431 g/mol. The van der Waals surface area contributed by atoms with Crippen LogP contribution in [0.1, 0.15) is 50.3 Å². The van der Waals surface area contributed by atoms with Gasteiger partial charge in [-0.3, -0.25) is 9.78 Å². The third-order valence-electron chi connectivity index (χ3n) is 5.97. The fourth-order valence-electron chi connectivity index (χ4n) is 4.26. The topological polar surface area (TPSA) is 70.2 Å². The van der Waals surface area contributed by atoms with Crippen molar-refractivity contribution in [2.75, 3.05) is 23.3 Å². The highest BCUT2D eigenvalue weighted by Gasteiger charge is 2.22. The highest BCUT2D eigenvalue weighted by molar-refractivity contribution is 5.92. The molecule has 1 aliphatic heterocycles. The smallest absolute Gasteiger partial charge is 0.266 e. The van der Waals surface area contributed by atoms with E-state index in [-0.39, 0.29) is 17.5 Å². The number of halogens is 3. The summed E-state index contributed by atoms with van der Waals surface area (Å²) in [6.45, 7) is 4.77. The fraction of sp³-hybridized carbons (Fsp3) is 0.375. The first-order valence-corrected chi connectivity index (χ1v) is 10.9. The van der Waals surface area contributed by atoms with E-state index in [2.05, 4.69) is 25.5 Å². The van der Waals surface area contributed by atoms with Crippen molar-refractivity contribution in [3.63, 3.8) is 0 Å². The molecule has 0 spiro atoms. The second-order valence-electron chi connectivity index (χ2n) is 8.30. The number of fused-ring (bicyclic) bond motifs is 1. The molecule has 33 heavy (non-hydrogen) atoms. The molecule has 1 fully saturated rings. The molecule has 0 bridgehead atoms. The summed E-state index contributed by atoms with van der Waals surface area (Å²) in [6, 6.07) is 7.38. The molecule has 6 nitrogen and oxygen atoms in total. The summed E-state index contributed by atoms with van der Waals surface area (Å²) in [4.78, 5) is 22.4. The van der Waals surface area contributed by atoms with Crippen molar-refractivity contribution in [2.45, 2.75) is 45.2 Å². The Labute approximate surface area is 190 Å². The number of hydrogen-bond donors (Lipinski definition) is 2. The van der Waals surface area contributed by atoms with Crippen LogP contribution < -0.4 is 15.5 Å². The molecule has 0 saturated carbocycles. The van der Waals surface area contributed by atoms with Crippen molar-refractivity contribution in [3.05, 3.63) is 59.7 Å². The standard InChI is InChI=1S/C24H26F3N5O/c1-14(17-4-3-5-18(23(17)25)24(26)27)30-20-6-9-28-21-13-29-22(12-19(20)21)32-10-7-16(8-11-32)31-15(2)33/h3-6,9,12-14,16,24H,7-8,10-11H2,1-2H3,(H,28,30)(H,31,33)/t14-/m1/s1. The fourth-order valence-corrected chi connectivity index (χ4v) is 4.26. The van der Waals surface area contributed by atoms with Gasteiger partial charge in [0.15, 0.2) is 0 Å². The van der Waals surface area contributed by atoms with E-state index in [1.54, 1.807) is 25.4 Å². The second-order valence-corrected chi connectivity index (χ2v) is 8.30. The number of anilines is 2. The second kappa shape index (κ2) is 9.64. The zero-order valence-corrected chi connectivity index (χ0v) is 18.5. The monoisotopic (exact) mass is 457 g/mol. The molecule has 1 amide bonds. The van der Waals surface area contributed by atoms with Crippen LogP contribution in [-0.2, 0) is 4.79 Å². The lowest BCUT2D eigenvalue weighted by Crippen LogP contribution is -2.44. The van der Waals surface area contributed by atoms with Gasteiger partial charge in [0.2, 0.25) is 5.91 Å². The van der Waals surface area contributed by atoms with Gasteiger partial charge in [0.05, 0.1) is 23.3 Å². The van der Waals surface area contributed by atoms with Crippen LogP contribution in [-0.4, -0.2) is 35.0 Å². The number of nitrogens with one attached hydrogen (secondary N) is 2. The molecule has 174 valence electrons. The molecule has 1 saturated heterocycles. The molecule has 0 radical (unpaired) electrons. The lowest BCUT2D eigenvalue weighted by molar-refractivity contribution is -0.119. The number of carbonyl (C=O) groups is 1. The summed E-state index contributed by atoms with van der Waals surface area (Å²) < 4.78 is 40.9. The number of aromatic nitrogens is 2. The lowest BCUT2D eigenvalue weighted by Gasteiger charge is -2.33. The molecule has 1 aromatic carbocycles. The van der Waals surface area contributed by atoms with Crippen LogP contribution in [0.4, 0.5) is 24.7 Å². The Hall–Kier alpha value is -3.36. The minimum absolute atomic E-state index is 0.0243. The third-order valence-corrected chi connectivity index (χ3v) is 5.97. The van der Waals surface area contributed by atoms with Gasteiger partial charge in [0, 0.05) is 48.9 Å². The minimum Gasteiger partial charge on any atom is -0.378 e. The van der Waals surface area contributed by atoms with E-state index in [1.807, 2.05) is 6.07 Å². The Bertz CT molecular complexity index is 1150. The molecule has 3 heterocycles.